The van der Waals surface area contributed by atoms with Gasteiger partial charge in [-0.1, -0.05) is 13.8 Å². The Labute approximate surface area is 106 Å². The van der Waals surface area contributed by atoms with Gasteiger partial charge in [0.25, 0.3) is 0 Å². The Bertz CT molecular complexity index is 308. The minimum atomic E-state index is -3.05. The van der Waals surface area contributed by atoms with Crippen molar-refractivity contribution in [2.45, 2.75) is 46.1 Å². The smallest absolute Gasteiger partial charge is 0.211 e. The second kappa shape index (κ2) is 6.71. The fraction of sp³-hybridized carbons (Fsp3) is 1.00. The lowest BCUT2D eigenvalue weighted by Gasteiger charge is -2.34. The van der Waals surface area contributed by atoms with Gasteiger partial charge < -0.3 is 0 Å². The first-order valence-electron chi connectivity index (χ1n) is 6.66. The van der Waals surface area contributed by atoms with Crippen LogP contribution in [0, 0.1) is 5.92 Å². The van der Waals surface area contributed by atoms with Crippen LogP contribution in [-0.4, -0.2) is 44.7 Å². The van der Waals surface area contributed by atoms with Gasteiger partial charge in [-0.25, -0.2) is 13.1 Å². The summed E-state index contributed by atoms with van der Waals surface area (Å²) in [7, 11) is -3.05. The second-order valence-corrected chi connectivity index (χ2v) is 7.16. The van der Waals surface area contributed by atoms with Gasteiger partial charge in [-0.05, 0) is 45.2 Å². The number of likely N-dealkylation sites (tertiary alicyclic amines) is 1. The molecule has 0 spiro atoms. The van der Waals surface area contributed by atoms with Crippen LogP contribution in [0.3, 0.4) is 0 Å². The van der Waals surface area contributed by atoms with Crippen molar-refractivity contribution in [3.05, 3.63) is 0 Å². The monoisotopic (exact) mass is 262 g/mol. The van der Waals surface area contributed by atoms with Gasteiger partial charge >= 0.3 is 0 Å². The van der Waals surface area contributed by atoms with Crippen LogP contribution in [0.1, 0.15) is 40.0 Å². The molecule has 1 heterocycles. The predicted octanol–water partition coefficient (Wildman–Crippen LogP) is 1.44. The van der Waals surface area contributed by atoms with Gasteiger partial charge in [0, 0.05) is 12.6 Å². The van der Waals surface area contributed by atoms with Gasteiger partial charge in [0.1, 0.15) is 0 Å². The molecule has 102 valence electrons. The minimum absolute atomic E-state index is 0.233. The largest absolute Gasteiger partial charge is 0.299 e. The molecule has 0 bridgehead atoms. The van der Waals surface area contributed by atoms with Crippen molar-refractivity contribution in [3.8, 4) is 0 Å². The van der Waals surface area contributed by atoms with E-state index < -0.39 is 10.0 Å². The molecule has 1 atom stereocenters. The fourth-order valence-electron chi connectivity index (χ4n) is 2.19. The first kappa shape index (κ1) is 14.9. The number of rotatable bonds is 6. The van der Waals surface area contributed by atoms with E-state index >= 15 is 0 Å². The van der Waals surface area contributed by atoms with E-state index in [2.05, 4.69) is 23.5 Å². The van der Waals surface area contributed by atoms with Crippen molar-refractivity contribution < 1.29 is 8.42 Å². The average molecular weight is 262 g/mol. The molecule has 17 heavy (non-hydrogen) atoms. The number of sulfonamides is 1. The summed E-state index contributed by atoms with van der Waals surface area (Å²) in [5.74, 6) is 1.05. The third-order valence-electron chi connectivity index (χ3n) is 3.51. The SMILES string of the molecule is CCCS(=O)(=O)NCC(C)N1CCC(C)CC1. The highest BCUT2D eigenvalue weighted by atomic mass is 32.2. The maximum atomic E-state index is 11.5. The fourth-order valence-corrected chi connectivity index (χ4v) is 3.36. The molecule has 0 aromatic heterocycles. The quantitative estimate of drug-likeness (QED) is 0.788. The Kier molecular flexibility index (Phi) is 5.89. The summed E-state index contributed by atoms with van der Waals surface area (Å²) in [6, 6.07) is 0.300. The molecule has 0 amide bonds. The molecule has 0 aromatic rings. The maximum Gasteiger partial charge on any atom is 0.211 e. The summed E-state index contributed by atoms with van der Waals surface area (Å²) in [4.78, 5) is 2.38. The highest BCUT2D eigenvalue weighted by Crippen LogP contribution is 2.17. The van der Waals surface area contributed by atoms with Crippen LogP contribution >= 0.6 is 0 Å². The van der Waals surface area contributed by atoms with Crippen LogP contribution < -0.4 is 4.72 Å². The highest BCUT2D eigenvalue weighted by molar-refractivity contribution is 7.89. The molecule has 1 aliphatic rings. The molecular weight excluding hydrogens is 236 g/mol. The standard InChI is InChI=1S/C12H26N2O2S/c1-4-9-17(15,16)13-10-12(3)14-7-5-11(2)6-8-14/h11-13H,4-10H2,1-3H3. The van der Waals surface area contributed by atoms with E-state index in [-0.39, 0.29) is 5.75 Å². The maximum absolute atomic E-state index is 11.5. The van der Waals surface area contributed by atoms with Gasteiger partial charge in [-0.2, -0.15) is 0 Å². The summed E-state index contributed by atoms with van der Waals surface area (Å²) >= 11 is 0. The molecule has 0 aromatic carbocycles. The first-order valence-corrected chi connectivity index (χ1v) is 8.31. The molecule has 1 N–H and O–H groups in total. The molecule has 1 aliphatic heterocycles. The van der Waals surface area contributed by atoms with Crippen LogP contribution in [-0.2, 0) is 10.0 Å². The number of nitrogens with one attached hydrogen (secondary N) is 1. The Morgan fingerprint density at radius 2 is 1.94 bits per heavy atom. The molecule has 5 heteroatoms. The predicted molar refractivity (Wildman–Crippen MR) is 71.5 cm³/mol. The zero-order chi connectivity index (χ0) is 12.9. The van der Waals surface area contributed by atoms with E-state index in [1.807, 2.05) is 6.92 Å². The molecule has 1 rings (SSSR count). The van der Waals surface area contributed by atoms with Crippen molar-refractivity contribution in [3.63, 3.8) is 0 Å². The molecule has 0 aliphatic carbocycles. The molecule has 1 unspecified atom stereocenters. The van der Waals surface area contributed by atoms with Crippen molar-refractivity contribution in [2.75, 3.05) is 25.4 Å². The number of nitrogens with zero attached hydrogens (tertiary/aromatic N) is 1. The van der Waals surface area contributed by atoms with Crippen LogP contribution in [0.2, 0.25) is 0 Å². The van der Waals surface area contributed by atoms with Gasteiger partial charge in [-0.3, -0.25) is 4.90 Å². The van der Waals surface area contributed by atoms with E-state index in [0.717, 1.165) is 19.0 Å². The van der Waals surface area contributed by atoms with Crippen molar-refractivity contribution in [1.82, 2.24) is 9.62 Å². The lowest BCUT2D eigenvalue weighted by Crippen LogP contribution is -2.45. The van der Waals surface area contributed by atoms with E-state index in [0.29, 0.717) is 19.0 Å². The zero-order valence-electron chi connectivity index (χ0n) is 11.3. The molecule has 0 radical (unpaired) electrons. The molecule has 1 saturated heterocycles. The Balaban J connectivity index is 2.32. The van der Waals surface area contributed by atoms with Crippen molar-refractivity contribution in [2.24, 2.45) is 5.92 Å². The third kappa shape index (κ3) is 5.36. The van der Waals surface area contributed by atoms with E-state index in [9.17, 15) is 8.42 Å². The second-order valence-electron chi connectivity index (χ2n) is 5.23. The van der Waals surface area contributed by atoms with Crippen molar-refractivity contribution >= 4 is 10.0 Å². The van der Waals surface area contributed by atoms with Gasteiger partial charge in [0.2, 0.25) is 10.0 Å². The molecule has 1 fully saturated rings. The summed E-state index contributed by atoms with van der Waals surface area (Å²) in [6.45, 7) is 9.00. The number of hydrogen-bond acceptors (Lipinski definition) is 3. The molecule has 4 nitrogen and oxygen atoms in total. The lowest BCUT2D eigenvalue weighted by atomic mass is 9.98. The van der Waals surface area contributed by atoms with Crippen LogP contribution in [0.5, 0.6) is 0 Å². The van der Waals surface area contributed by atoms with Gasteiger partial charge in [-0.15, -0.1) is 0 Å². The summed E-state index contributed by atoms with van der Waals surface area (Å²) < 4.78 is 25.8. The first-order chi connectivity index (χ1) is 7.94. The Hall–Kier alpha value is -0.130. The highest BCUT2D eigenvalue weighted by Gasteiger charge is 2.21. The van der Waals surface area contributed by atoms with Gasteiger partial charge in [0.15, 0.2) is 0 Å². The van der Waals surface area contributed by atoms with Crippen molar-refractivity contribution in [1.29, 1.82) is 0 Å². The molecule has 0 saturated carbocycles. The zero-order valence-corrected chi connectivity index (χ0v) is 12.1. The normalized spacial score (nSPS) is 21.6. The summed E-state index contributed by atoms with van der Waals surface area (Å²) in [5, 5.41) is 0. The number of piperidine rings is 1. The topological polar surface area (TPSA) is 49.4 Å². The molecular formula is C12H26N2O2S. The van der Waals surface area contributed by atoms with Crippen LogP contribution in [0.15, 0.2) is 0 Å². The summed E-state index contributed by atoms with van der Waals surface area (Å²) in [6.07, 6.45) is 3.13. The van der Waals surface area contributed by atoms with Gasteiger partial charge in [0.05, 0.1) is 5.75 Å². The van der Waals surface area contributed by atoms with Crippen LogP contribution in [0.4, 0.5) is 0 Å². The number of hydrogen-bond donors (Lipinski definition) is 1. The Morgan fingerprint density at radius 3 is 2.47 bits per heavy atom. The summed E-state index contributed by atoms with van der Waals surface area (Å²) in [5.41, 5.74) is 0. The Morgan fingerprint density at radius 1 is 1.35 bits per heavy atom. The van der Waals surface area contributed by atoms with Crippen LogP contribution in [0.25, 0.3) is 0 Å². The minimum Gasteiger partial charge on any atom is -0.299 e. The van der Waals surface area contributed by atoms with E-state index in [1.54, 1.807) is 0 Å². The lowest BCUT2D eigenvalue weighted by molar-refractivity contribution is 0.148. The van der Waals surface area contributed by atoms with E-state index in [1.165, 1.54) is 12.8 Å². The van der Waals surface area contributed by atoms with E-state index in [4.69, 9.17) is 0 Å². The third-order valence-corrected chi connectivity index (χ3v) is 5.07. The average Bonchev–Trinajstić information content (AvgIpc) is 2.27.